The molecular formula is C19H23BrN4OS. The molecule has 0 saturated carbocycles. The Morgan fingerprint density at radius 1 is 1.19 bits per heavy atom. The van der Waals surface area contributed by atoms with Crippen molar-refractivity contribution in [2.24, 2.45) is 0 Å². The summed E-state index contributed by atoms with van der Waals surface area (Å²) >= 11 is 5.13. The largest absolute Gasteiger partial charge is 0.287 e. The van der Waals surface area contributed by atoms with Gasteiger partial charge < -0.3 is 0 Å². The highest BCUT2D eigenvalue weighted by atomic mass is 79.9. The van der Waals surface area contributed by atoms with Gasteiger partial charge in [-0.2, -0.15) is 5.10 Å². The Bertz CT molecular complexity index is 908. The maximum absolute atomic E-state index is 12.8. The molecule has 26 heavy (non-hydrogen) atoms. The van der Waals surface area contributed by atoms with Gasteiger partial charge in [-0.3, -0.25) is 14.0 Å². The zero-order valence-corrected chi connectivity index (χ0v) is 17.3. The van der Waals surface area contributed by atoms with Crippen LogP contribution in [0.25, 0.3) is 10.9 Å². The third kappa shape index (κ3) is 4.76. The molecule has 0 unspecified atom stereocenters. The second kappa shape index (κ2) is 9.37. The van der Waals surface area contributed by atoms with E-state index in [-0.39, 0.29) is 5.56 Å². The number of hydrogen-bond donors (Lipinski definition) is 0. The molecule has 0 fully saturated rings. The van der Waals surface area contributed by atoms with Gasteiger partial charge >= 0.3 is 0 Å². The minimum Gasteiger partial charge on any atom is -0.287 e. The number of aryl methyl sites for hydroxylation is 1. The van der Waals surface area contributed by atoms with Gasteiger partial charge in [0.1, 0.15) is 0 Å². The molecule has 0 amide bonds. The number of benzene rings is 1. The van der Waals surface area contributed by atoms with Gasteiger partial charge in [-0.25, -0.2) is 4.98 Å². The summed E-state index contributed by atoms with van der Waals surface area (Å²) in [5, 5.41) is 5.73. The Morgan fingerprint density at radius 3 is 2.85 bits per heavy atom. The van der Waals surface area contributed by atoms with Crippen molar-refractivity contribution in [3.8, 4) is 0 Å². The van der Waals surface area contributed by atoms with Crippen molar-refractivity contribution in [1.29, 1.82) is 0 Å². The lowest BCUT2D eigenvalue weighted by atomic mass is 10.2. The van der Waals surface area contributed by atoms with Crippen LogP contribution in [0.15, 0.2) is 51.1 Å². The van der Waals surface area contributed by atoms with E-state index in [0.717, 1.165) is 53.1 Å². The SMILES string of the molecule is CCCn1c(SCCCCCn2cccn2)nc2ccc(Br)cc2c1=O. The van der Waals surface area contributed by atoms with Crippen molar-refractivity contribution < 1.29 is 0 Å². The zero-order chi connectivity index (χ0) is 18.4. The maximum Gasteiger partial charge on any atom is 0.262 e. The molecule has 0 aliphatic rings. The van der Waals surface area contributed by atoms with Gasteiger partial charge in [0.25, 0.3) is 5.56 Å². The molecular weight excluding hydrogens is 412 g/mol. The van der Waals surface area contributed by atoms with Crippen LogP contribution in [0.3, 0.4) is 0 Å². The highest BCUT2D eigenvalue weighted by Crippen LogP contribution is 2.22. The monoisotopic (exact) mass is 434 g/mol. The van der Waals surface area contributed by atoms with Crippen LogP contribution in [0.1, 0.15) is 32.6 Å². The Labute approximate surface area is 165 Å². The number of hydrogen-bond acceptors (Lipinski definition) is 4. The van der Waals surface area contributed by atoms with E-state index in [4.69, 9.17) is 4.98 Å². The van der Waals surface area contributed by atoms with E-state index in [1.54, 1.807) is 11.8 Å². The van der Waals surface area contributed by atoms with Crippen LogP contribution in [0.5, 0.6) is 0 Å². The van der Waals surface area contributed by atoms with Crippen molar-refractivity contribution >= 4 is 38.6 Å². The topological polar surface area (TPSA) is 52.7 Å². The average molecular weight is 435 g/mol. The molecule has 3 aromatic rings. The predicted octanol–water partition coefficient (Wildman–Crippen LogP) is 4.73. The fourth-order valence-corrected chi connectivity index (χ4v) is 4.24. The number of fused-ring (bicyclic) bond motifs is 1. The van der Waals surface area contributed by atoms with Gasteiger partial charge in [0.15, 0.2) is 5.16 Å². The molecule has 5 nitrogen and oxygen atoms in total. The molecule has 2 heterocycles. The van der Waals surface area contributed by atoms with E-state index < -0.39 is 0 Å². The zero-order valence-electron chi connectivity index (χ0n) is 14.9. The molecule has 3 rings (SSSR count). The summed E-state index contributed by atoms with van der Waals surface area (Å²) in [6, 6.07) is 7.65. The molecule has 0 radical (unpaired) electrons. The summed E-state index contributed by atoms with van der Waals surface area (Å²) in [7, 11) is 0. The van der Waals surface area contributed by atoms with Gasteiger partial charge in [-0.15, -0.1) is 0 Å². The minimum atomic E-state index is 0.0549. The van der Waals surface area contributed by atoms with Crippen molar-refractivity contribution in [3.63, 3.8) is 0 Å². The normalized spacial score (nSPS) is 11.3. The molecule has 1 aromatic carbocycles. The van der Waals surface area contributed by atoms with Gasteiger partial charge in [0.2, 0.25) is 0 Å². The fraction of sp³-hybridized carbons (Fsp3) is 0.421. The summed E-state index contributed by atoms with van der Waals surface area (Å²) in [4.78, 5) is 17.6. The lowest BCUT2D eigenvalue weighted by Crippen LogP contribution is -2.23. The Kier molecular flexibility index (Phi) is 6.91. The maximum atomic E-state index is 12.8. The summed E-state index contributed by atoms with van der Waals surface area (Å²) in [5.41, 5.74) is 0.825. The van der Waals surface area contributed by atoms with E-state index >= 15 is 0 Å². The standard InChI is InChI=1S/C19H23BrN4OS/c1-2-10-24-18(25)16-14-15(20)7-8-17(16)22-19(24)26-13-5-3-4-11-23-12-6-9-21-23/h6-9,12,14H,2-5,10-11,13H2,1H3. The number of thioether (sulfide) groups is 1. The molecule has 0 atom stereocenters. The van der Waals surface area contributed by atoms with Crippen LogP contribution >= 0.6 is 27.7 Å². The predicted molar refractivity (Wildman–Crippen MR) is 111 cm³/mol. The molecule has 7 heteroatoms. The van der Waals surface area contributed by atoms with E-state index in [1.807, 2.05) is 45.9 Å². The number of rotatable bonds is 9. The first-order chi connectivity index (χ1) is 12.7. The van der Waals surface area contributed by atoms with Crippen molar-refractivity contribution in [1.82, 2.24) is 19.3 Å². The van der Waals surface area contributed by atoms with Gasteiger partial charge in [0, 0.05) is 35.7 Å². The van der Waals surface area contributed by atoms with Crippen molar-refractivity contribution in [3.05, 3.63) is 51.5 Å². The van der Waals surface area contributed by atoms with Crippen LogP contribution in [0, 0.1) is 0 Å². The highest BCUT2D eigenvalue weighted by molar-refractivity contribution is 9.10. The molecule has 0 spiro atoms. The lowest BCUT2D eigenvalue weighted by Gasteiger charge is -2.12. The van der Waals surface area contributed by atoms with Crippen molar-refractivity contribution in [2.75, 3.05) is 5.75 Å². The van der Waals surface area contributed by atoms with Crippen LogP contribution < -0.4 is 5.56 Å². The van der Waals surface area contributed by atoms with Gasteiger partial charge in [-0.05, 0) is 43.5 Å². The van der Waals surface area contributed by atoms with Crippen LogP contribution in [0.4, 0.5) is 0 Å². The van der Waals surface area contributed by atoms with E-state index in [1.165, 1.54) is 0 Å². The van der Waals surface area contributed by atoms with Crippen LogP contribution in [-0.2, 0) is 13.1 Å². The van der Waals surface area contributed by atoms with Crippen LogP contribution in [-0.4, -0.2) is 25.1 Å². The fourth-order valence-electron chi connectivity index (χ4n) is 2.85. The van der Waals surface area contributed by atoms with Crippen LogP contribution in [0.2, 0.25) is 0 Å². The highest BCUT2D eigenvalue weighted by Gasteiger charge is 2.11. The molecule has 0 saturated heterocycles. The minimum absolute atomic E-state index is 0.0549. The number of nitrogens with zero attached hydrogens (tertiary/aromatic N) is 4. The second-order valence-electron chi connectivity index (χ2n) is 6.19. The van der Waals surface area contributed by atoms with E-state index in [2.05, 4.69) is 28.0 Å². The Hall–Kier alpha value is -1.60. The first-order valence-corrected chi connectivity index (χ1v) is 10.8. The van der Waals surface area contributed by atoms with E-state index in [0.29, 0.717) is 11.9 Å². The molecule has 138 valence electrons. The smallest absolute Gasteiger partial charge is 0.262 e. The second-order valence-corrected chi connectivity index (χ2v) is 8.17. The summed E-state index contributed by atoms with van der Waals surface area (Å²) in [6.45, 7) is 3.75. The molecule has 0 bridgehead atoms. The molecule has 2 aromatic heterocycles. The Balaban J connectivity index is 1.63. The van der Waals surface area contributed by atoms with Crippen molar-refractivity contribution in [2.45, 2.75) is 50.9 Å². The Morgan fingerprint density at radius 2 is 2.08 bits per heavy atom. The first kappa shape index (κ1) is 19.2. The summed E-state index contributed by atoms with van der Waals surface area (Å²) in [5.74, 6) is 0.970. The third-order valence-corrected chi connectivity index (χ3v) is 5.71. The number of unbranched alkanes of at least 4 members (excludes halogenated alkanes) is 2. The average Bonchev–Trinajstić information content (AvgIpc) is 3.15. The van der Waals surface area contributed by atoms with E-state index in [9.17, 15) is 4.79 Å². The molecule has 0 aliphatic carbocycles. The quantitative estimate of drug-likeness (QED) is 0.277. The van der Waals surface area contributed by atoms with Gasteiger partial charge in [-0.1, -0.05) is 41.0 Å². The lowest BCUT2D eigenvalue weighted by molar-refractivity contribution is 0.553. The molecule has 0 aliphatic heterocycles. The number of aromatic nitrogens is 4. The summed E-state index contributed by atoms with van der Waals surface area (Å²) < 4.78 is 4.70. The summed E-state index contributed by atoms with van der Waals surface area (Å²) in [6.07, 6.45) is 8.09. The first-order valence-electron chi connectivity index (χ1n) is 8.99. The number of halogens is 1. The third-order valence-electron chi connectivity index (χ3n) is 4.15. The van der Waals surface area contributed by atoms with Gasteiger partial charge in [0.05, 0.1) is 10.9 Å². The molecule has 0 N–H and O–H groups in total.